The van der Waals surface area contributed by atoms with Crippen molar-refractivity contribution in [3.05, 3.63) is 23.9 Å². The topological polar surface area (TPSA) is 83.6 Å². The van der Waals surface area contributed by atoms with E-state index in [0.717, 1.165) is 37.9 Å². The first-order valence-electron chi connectivity index (χ1n) is 9.53. The second-order valence-corrected chi connectivity index (χ2v) is 8.45. The molecule has 2 amide bonds. The maximum absolute atomic E-state index is 12.6. The van der Waals surface area contributed by atoms with Crippen molar-refractivity contribution in [3.8, 4) is 0 Å². The van der Waals surface area contributed by atoms with Gasteiger partial charge in [0.05, 0.1) is 5.54 Å². The highest BCUT2D eigenvalue weighted by Crippen LogP contribution is 2.28. The lowest BCUT2D eigenvalue weighted by Gasteiger charge is -2.38. The Morgan fingerprint density at radius 2 is 1.89 bits per heavy atom. The molecular weight excluding hydrogens is 344 g/mol. The second kappa shape index (κ2) is 8.59. The van der Waals surface area contributed by atoms with E-state index in [-0.39, 0.29) is 5.91 Å². The number of nitrogens with one attached hydrogen (secondary N) is 2. The molecule has 1 aromatic rings. The van der Waals surface area contributed by atoms with Crippen molar-refractivity contribution in [2.24, 2.45) is 0 Å². The Kier molecular flexibility index (Phi) is 6.68. The van der Waals surface area contributed by atoms with Crippen LogP contribution in [0.2, 0.25) is 0 Å². The molecule has 1 heterocycles. The molecule has 0 spiro atoms. The number of rotatable bonds is 5. The van der Waals surface area contributed by atoms with E-state index in [4.69, 9.17) is 4.74 Å². The molecule has 0 aromatic carbocycles. The number of carbonyl (C=O) groups is 2. The summed E-state index contributed by atoms with van der Waals surface area (Å²) in [5, 5.41) is 6.02. The van der Waals surface area contributed by atoms with Crippen LogP contribution in [0, 0.1) is 0 Å². The van der Waals surface area contributed by atoms with Crippen LogP contribution in [0.3, 0.4) is 0 Å². The molecule has 0 radical (unpaired) electrons. The first-order chi connectivity index (χ1) is 12.6. The van der Waals surface area contributed by atoms with Gasteiger partial charge in [0.15, 0.2) is 0 Å². The largest absolute Gasteiger partial charge is 0.444 e. The zero-order valence-electron chi connectivity index (χ0n) is 17.1. The van der Waals surface area contributed by atoms with Crippen LogP contribution in [-0.4, -0.2) is 48.8 Å². The highest BCUT2D eigenvalue weighted by Gasteiger charge is 2.35. The molecule has 1 fully saturated rings. The molecule has 1 aliphatic rings. The van der Waals surface area contributed by atoms with E-state index in [1.165, 1.54) is 0 Å². The number of aromatic nitrogens is 1. The van der Waals surface area contributed by atoms with Crippen LogP contribution >= 0.6 is 0 Å². The van der Waals surface area contributed by atoms with E-state index >= 15 is 0 Å². The zero-order valence-corrected chi connectivity index (χ0v) is 17.1. The van der Waals surface area contributed by atoms with Crippen LogP contribution in [0.15, 0.2) is 18.3 Å². The fourth-order valence-electron chi connectivity index (χ4n) is 3.25. The lowest BCUT2D eigenvalue weighted by molar-refractivity contribution is 0.0419. The monoisotopic (exact) mass is 376 g/mol. The predicted octanol–water partition coefficient (Wildman–Crippen LogP) is 3.11. The molecule has 2 rings (SSSR count). The van der Waals surface area contributed by atoms with Gasteiger partial charge < -0.3 is 20.3 Å². The van der Waals surface area contributed by atoms with E-state index in [9.17, 15) is 9.59 Å². The minimum atomic E-state index is -0.553. The van der Waals surface area contributed by atoms with E-state index in [0.29, 0.717) is 12.1 Å². The Morgan fingerprint density at radius 1 is 1.22 bits per heavy atom. The van der Waals surface area contributed by atoms with Gasteiger partial charge in [-0.25, -0.2) is 9.78 Å². The molecule has 0 bridgehead atoms. The van der Waals surface area contributed by atoms with Crippen molar-refractivity contribution in [1.82, 2.24) is 15.6 Å². The first kappa shape index (κ1) is 21.0. The summed E-state index contributed by atoms with van der Waals surface area (Å²) in [7, 11) is 3.76. The maximum atomic E-state index is 12.6. The number of pyridine rings is 1. The number of hydrogen-bond donors (Lipinski definition) is 2. The highest BCUT2D eigenvalue weighted by molar-refractivity contribution is 5.94. The Bertz CT molecular complexity index is 661. The van der Waals surface area contributed by atoms with Gasteiger partial charge in [-0.15, -0.1) is 0 Å². The highest BCUT2D eigenvalue weighted by atomic mass is 16.6. The van der Waals surface area contributed by atoms with Crippen LogP contribution < -0.4 is 15.5 Å². The van der Waals surface area contributed by atoms with E-state index in [1.54, 1.807) is 18.3 Å². The van der Waals surface area contributed by atoms with E-state index < -0.39 is 17.2 Å². The van der Waals surface area contributed by atoms with Crippen LogP contribution in [0.1, 0.15) is 63.2 Å². The van der Waals surface area contributed by atoms with Gasteiger partial charge in [0.25, 0.3) is 5.91 Å². The molecule has 1 saturated carbocycles. The predicted molar refractivity (Wildman–Crippen MR) is 106 cm³/mol. The van der Waals surface area contributed by atoms with Gasteiger partial charge in [-0.3, -0.25) is 4.79 Å². The zero-order chi connectivity index (χ0) is 20.1. The molecule has 1 aliphatic carbocycles. The smallest absolute Gasteiger partial charge is 0.408 e. The summed E-state index contributed by atoms with van der Waals surface area (Å²) in [5.41, 5.74) is -0.465. The van der Waals surface area contributed by atoms with Gasteiger partial charge in [0.1, 0.15) is 11.4 Å². The van der Waals surface area contributed by atoms with Crippen molar-refractivity contribution in [3.63, 3.8) is 0 Å². The molecular formula is C20H32N4O3. The quantitative estimate of drug-likeness (QED) is 0.825. The van der Waals surface area contributed by atoms with Gasteiger partial charge in [0, 0.05) is 32.4 Å². The molecule has 0 saturated heterocycles. The number of nitrogens with zero attached hydrogens (tertiary/aromatic N) is 2. The van der Waals surface area contributed by atoms with Gasteiger partial charge in [0.2, 0.25) is 0 Å². The molecule has 7 heteroatoms. The molecule has 0 aliphatic heterocycles. The van der Waals surface area contributed by atoms with E-state index in [1.807, 2.05) is 39.8 Å². The van der Waals surface area contributed by atoms with Crippen LogP contribution in [0.5, 0.6) is 0 Å². The van der Waals surface area contributed by atoms with Crippen LogP contribution in [0.4, 0.5) is 10.6 Å². The molecule has 0 unspecified atom stereocenters. The Balaban J connectivity index is 2.04. The molecule has 1 aromatic heterocycles. The van der Waals surface area contributed by atoms with Crippen molar-refractivity contribution >= 4 is 17.8 Å². The summed E-state index contributed by atoms with van der Waals surface area (Å²) >= 11 is 0. The Morgan fingerprint density at radius 3 is 2.48 bits per heavy atom. The number of ether oxygens (including phenoxy) is 1. The lowest BCUT2D eigenvalue weighted by Crippen LogP contribution is -2.57. The normalized spacial score (nSPS) is 16.3. The summed E-state index contributed by atoms with van der Waals surface area (Å²) in [6.07, 6.45) is 6.02. The number of alkyl carbamates (subject to hydrolysis) is 1. The van der Waals surface area contributed by atoms with Crippen molar-refractivity contribution < 1.29 is 14.3 Å². The summed E-state index contributed by atoms with van der Waals surface area (Å²) in [6.45, 7) is 5.90. The van der Waals surface area contributed by atoms with Gasteiger partial charge in [-0.05, 0) is 45.7 Å². The fraction of sp³-hybridized carbons (Fsp3) is 0.650. The third kappa shape index (κ3) is 6.41. The molecule has 150 valence electrons. The van der Waals surface area contributed by atoms with Crippen molar-refractivity contribution in [2.45, 2.75) is 64.0 Å². The summed E-state index contributed by atoms with van der Waals surface area (Å²) in [4.78, 5) is 31.0. The Labute approximate surface area is 161 Å². The maximum Gasteiger partial charge on any atom is 0.408 e. The molecule has 27 heavy (non-hydrogen) atoms. The fourth-order valence-corrected chi connectivity index (χ4v) is 3.25. The van der Waals surface area contributed by atoms with Gasteiger partial charge in [-0.1, -0.05) is 19.3 Å². The molecule has 7 nitrogen and oxygen atoms in total. The average molecular weight is 377 g/mol. The van der Waals surface area contributed by atoms with E-state index in [2.05, 4.69) is 15.6 Å². The number of carbonyl (C=O) groups excluding carboxylic acids is 2. The van der Waals surface area contributed by atoms with Gasteiger partial charge in [-0.2, -0.15) is 0 Å². The minimum Gasteiger partial charge on any atom is -0.444 e. The third-order valence-corrected chi connectivity index (χ3v) is 4.63. The summed E-state index contributed by atoms with van der Waals surface area (Å²) < 4.78 is 5.42. The summed E-state index contributed by atoms with van der Waals surface area (Å²) in [5.74, 6) is 0.554. The minimum absolute atomic E-state index is 0.170. The number of anilines is 1. The average Bonchev–Trinajstić information content (AvgIpc) is 2.59. The van der Waals surface area contributed by atoms with Gasteiger partial charge >= 0.3 is 6.09 Å². The number of hydrogen-bond acceptors (Lipinski definition) is 5. The lowest BCUT2D eigenvalue weighted by atomic mass is 9.81. The van der Waals surface area contributed by atoms with Crippen LogP contribution in [-0.2, 0) is 4.74 Å². The second-order valence-electron chi connectivity index (χ2n) is 8.45. The summed E-state index contributed by atoms with van der Waals surface area (Å²) in [6, 6.07) is 3.45. The van der Waals surface area contributed by atoms with Crippen LogP contribution in [0.25, 0.3) is 0 Å². The molecule has 0 atom stereocenters. The third-order valence-electron chi connectivity index (χ3n) is 4.63. The standard InChI is InChI=1S/C20H32N4O3/c1-19(2,3)27-18(26)23-20(10-7-6-8-11-20)14-22-17(25)15-9-12-21-16(13-15)24(4)5/h9,12-13H,6-8,10-11,14H2,1-5H3,(H,22,25)(H,23,26). The molecule has 2 N–H and O–H groups in total. The van der Waals surface area contributed by atoms with Crippen molar-refractivity contribution in [1.29, 1.82) is 0 Å². The Hall–Kier alpha value is -2.31. The SMILES string of the molecule is CN(C)c1cc(C(=O)NCC2(NC(=O)OC(C)(C)C)CCCCC2)ccn1. The number of amides is 2. The van der Waals surface area contributed by atoms with Crippen molar-refractivity contribution in [2.75, 3.05) is 25.5 Å². The first-order valence-corrected chi connectivity index (χ1v) is 9.53.